The first-order valence-corrected chi connectivity index (χ1v) is 8.09. The number of para-hydroxylation sites is 1. The molecule has 0 radical (unpaired) electrons. The Bertz CT molecular complexity index is 624. The summed E-state index contributed by atoms with van der Waals surface area (Å²) < 4.78 is 2.78. The molecule has 0 spiro atoms. The molecule has 98 valence electrons. The topological polar surface area (TPSA) is 38.0 Å². The van der Waals surface area contributed by atoms with E-state index < -0.39 is 0 Å². The van der Waals surface area contributed by atoms with Gasteiger partial charge in [-0.15, -0.1) is 0 Å². The number of nitrogens with two attached hydrogens (primary N) is 1. The minimum atomic E-state index is 0.346. The van der Waals surface area contributed by atoms with Crippen LogP contribution in [-0.2, 0) is 0 Å². The van der Waals surface area contributed by atoms with Crippen LogP contribution in [0.2, 0.25) is 0 Å². The highest BCUT2D eigenvalue weighted by molar-refractivity contribution is 9.11. The number of hydrogen-bond donors (Lipinski definition) is 2. The molecule has 2 aromatic carbocycles. The van der Waals surface area contributed by atoms with Crippen LogP contribution < -0.4 is 11.1 Å². The minimum absolute atomic E-state index is 0.346. The molecule has 0 bridgehead atoms. The number of nitrogens with one attached hydrogen (secondary N) is 1. The average molecular weight is 465 g/mol. The molecule has 0 aliphatic carbocycles. The summed E-state index contributed by atoms with van der Waals surface area (Å²) in [4.78, 5) is 0.346. The van der Waals surface area contributed by atoms with Crippen molar-refractivity contribution >= 4 is 76.4 Å². The van der Waals surface area contributed by atoms with E-state index in [1.54, 1.807) is 0 Å². The lowest BCUT2D eigenvalue weighted by Gasteiger charge is -2.15. The van der Waals surface area contributed by atoms with Crippen molar-refractivity contribution in [2.75, 3.05) is 5.32 Å². The number of benzene rings is 2. The summed E-state index contributed by atoms with van der Waals surface area (Å²) in [5, 5.41) is 3.34. The Morgan fingerprint density at radius 3 is 2.05 bits per heavy atom. The molecule has 0 aliphatic rings. The number of hydrogen-bond acceptors (Lipinski definition) is 2. The Balaban J connectivity index is 2.50. The van der Waals surface area contributed by atoms with Crippen molar-refractivity contribution in [2.45, 2.75) is 0 Å². The van der Waals surface area contributed by atoms with E-state index in [9.17, 15) is 0 Å². The number of rotatable bonds is 3. The maximum Gasteiger partial charge on any atom is 0.107 e. The first-order chi connectivity index (χ1) is 9.00. The van der Waals surface area contributed by atoms with Crippen LogP contribution in [0.4, 0.5) is 11.4 Å². The molecular formula is C13H9Br3N2S. The minimum Gasteiger partial charge on any atom is -0.389 e. The summed E-state index contributed by atoms with van der Waals surface area (Å²) in [6.07, 6.45) is 0. The Kier molecular flexibility index (Phi) is 5.00. The van der Waals surface area contributed by atoms with Crippen LogP contribution in [0.1, 0.15) is 5.56 Å². The predicted molar refractivity (Wildman–Crippen MR) is 95.2 cm³/mol. The fourth-order valence-corrected chi connectivity index (χ4v) is 3.76. The van der Waals surface area contributed by atoms with Gasteiger partial charge in [-0.2, -0.15) is 0 Å². The Labute approximate surface area is 142 Å². The highest BCUT2D eigenvalue weighted by atomic mass is 79.9. The second-order valence-electron chi connectivity index (χ2n) is 3.75. The SMILES string of the molecule is NC(=S)c1c(Br)cccc1Nc1c(Br)cccc1Br. The molecule has 0 unspecified atom stereocenters. The molecule has 2 rings (SSSR count). The maximum atomic E-state index is 5.78. The molecule has 0 saturated heterocycles. The van der Waals surface area contributed by atoms with Crippen molar-refractivity contribution in [1.29, 1.82) is 0 Å². The number of thiocarbonyl (C=S) groups is 1. The van der Waals surface area contributed by atoms with Crippen molar-refractivity contribution in [3.63, 3.8) is 0 Å². The fourth-order valence-electron chi connectivity index (χ4n) is 1.63. The van der Waals surface area contributed by atoms with Crippen LogP contribution in [0.25, 0.3) is 0 Å². The fraction of sp³-hybridized carbons (Fsp3) is 0. The second-order valence-corrected chi connectivity index (χ2v) is 6.75. The van der Waals surface area contributed by atoms with Crippen molar-refractivity contribution in [1.82, 2.24) is 0 Å². The molecule has 19 heavy (non-hydrogen) atoms. The Morgan fingerprint density at radius 1 is 0.947 bits per heavy atom. The Hall–Kier alpha value is -0.430. The van der Waals surface area contributed by atoms with Gasteiger partial charge < -0.3 is 11.1 Å². The quantitative estimate of drug-likeness (QED) is 0.601. The lowest BCUT2D eigenvalue weighted by atomic mass is 10.1. The predicted octanol–water partition coefficient (Wildman–Crippen LogP) is 5.35. The van der Waals surface area contributed by atoms with E-state index in [4.69, 9.17) is 18.0 Å². The van der Waals surface area contributed by atoms with Gasteiger partial charge in [0.25, 0.3) is 0 Å². The third kappa shape index (κ3) is 3.37. The van der Waals surface area contributed by atoms with E-state index in [0.717, 1.165) is 30.4 Å². The van der Waals surface area contributed by atoms with Gasteiger partial charge in [0, 0.05) is 24.7 Å². The van der Waals surface area contributed by atoms with Crippen molar-refractivity contribution in [3.05, 3.63) is 55.4 Å². The lowest BCUT2D eigenvalue weighted by Crippen LogP contribution is -2.13. The average Bonchev–Trinajstić information content (AvgIpc) is 2.33. The number of halogens is 3. The van der Waals surface area contributed by atoms with Gasteiger partial charge in [0.15, 0.2) is 0 Å². The van der Waals surface area contributed by atoms with Crippen molar-refractivity contribution in [3.8, 4) is 0 Å². The van der Waals surface area contributed by atoms with Crippen LogP contribution in [-0.4, -0.2) is 4.99 Å². The van der Waals surface area contributed by atoms with Gasteiger partial charge in [-0.3, -0.25) is 0 Å². The zero-order chi connectivity index (χ0) is 14.0. The standard InChI is InChI=1S/C13H9Br3N2S/c14-7-3-2-6-10(11(7)13(17)19)18-12-8(15)4-1-5-9(12)16/h1-6,18H,(H2,17,19). The summed E-state index contributed by atoms with van der Waals surface area (Å²) in [6, 6.07) is 11.7. The largest absolute Gasteiger partial charge is 0.389 e. The lowest BCUT2D eigenvalue weighted by molar-refractivity contribution is 1.47. The number of anilines is 2. The first-order valence-electron chi connectivity index (χ1n) is 5.30. The first kappa shape index (κ1) is 15.0. The summed E-state index contributed by atoms with van der Waals surface area (Å²) in [6.45, 7) is 0. The van der Waals surface area contributed by atoms with Gasteiger partial charge in [0.1, 0.15) is 4.99 Å². The molecule has 0 saturated carbocycles. The summed E-state index contributed by atoms with van der Waals surface area (Å²) in [7, 11) is 0. The van der Waals surface area contributed by atoms with E-state index in [1.165, 1.54) is 0 Å². The highest BCUT2D eigenvalue weighted by Gasteiger charge is 2.12. The monoisotopic (exact) mass is 462 g/mol. The van der Waals surface area contributed by atoms with Crippen molar-refractivity contribution in [2.24, 2.45) is 5.73 Å². The summed E-state index contributed by atoms with van der Waals surface area (Å²) in [5.74, 6) is 0. The molecule has 0 heterocycles. The van der Waals surface area contributed by atoms with Gasteiger partial charge in [-0.1, -0.05) is 24.4 Å². The molecule has 0 amide bonds. The molecule has 0 atom stereocenters. The van der Waals surface area contributed by atoms with Gasteiger partial charge in [-0.25, -0.2) is 0 Å². The molecule has 3 N–H and O–H groups in total. The second kappa shape index (κ2) is 6.35. The molecular weight excluding hydrogens is 456 g/mol. The molecule has 6 heteroatoms. The maximum absolute atomic E-state index is 5.78. The van der Waals surface area contributed by atoms with Crippen molar-refractivity contribution < 1.29 is 0 Å². The van der Waals surface area contributed by atoms with E-state index in [2.05, 4.69) is 53.1 Å². The van der Waals surface area contributed by atoms with Crippen LogP contribution in [0.15, 0.2) is 49.8 Å². The van der Waals surface area contributed by atoms with Gasteiger partial charge in [0.05, 0.1) is 5.69 Å². The van der Waals surface area contributed by atoms with E-state index >= 15 is 0 Å². The van der Waals surface area contributed by atoms with Crippen LogP contribution in [0, 0.1) is 0 Å². The highest BCUT2D eigenvalue weighted by Crippen LogP contribution is 2.35. The van der Waals surface area contributed by atoms with E-state index in [0.29, 0.717) is 4.99 Å². The van der Waals surface area contributed by atoms with Crippen LogP contribution in [0.3, 0.4) is 0 Å². The van der Waals surface area contributed by atoms with E-state index in [-0.39, 0.29) is 0 Å². The summed E-state index contributed by atoms with van der Waals surface area (Å²) in [5.41, 5.74) is 8.36. The normalized spacial score (nSPS) is 10.3. The van der Waals surface area contributed by atoms with Gasteiger partial charge in [-0.05, 0) is 72.1 Å². The smallest absolute Gasteiger partial charge is 0.107 e. The third-order valence-corrected chi connectivity index (χ3v) is 4.67. The third-order valence-electron chi connectivity index (χ3n) is 2.48. The van der Waals surface area contributed by atoms with Crippen LogP contribution >= 0.6 is 60.0 Å². The molecule has 2 aromatic rings. The zero-order valence-electron chi connectivity index (χ0n) is 9.58. The molecule has 0 aromatic heterocycles. The Morgan fingerprint density at radius 2 is 1.47 bits per heavy atom. The van der Waals surface area contributed by atoms with E-state index in [1.807, 2.05) is 36.4 Å². The zero-order valence-corrected chi connectivity index (χ0v) is 15.2. The molecule has 0 fully saturated rings. The molecule has 0 aliphatic heterocycles. The van der Waals surface area contributed by atoms with Gasteiger partial charge in [0.2, 0.25) is 0 Å². The molecule has 2 nitrogen and oxygen atoms in total. The van der Waals surface area contributed by atoms with Gasteiger partial charge >= 0.3 is 0 Å². The van der Waals surface area contributed by atoms with Crippen LogP contribution in [0.5, 0.6) is 0 Å². The summed E-state index contributed by atoms with van der Waals surface area (Å²) >= 11 is 15.6.